The Morgan fingerprint density at radius 3 is 2.60 bits per heavy atom. The van der Waals surface area contributed by atoms with E-state index in [1.165, 1.54) is 0 Å². The minimum Gasteiger partial charge on any atom is -0.478 e. The molecular formula is C16H24N2O2. The Bertz CT molecular complexity index is 499. The van der Waals surface area contributed by atoms with Crippen LogP contribution in [0.25, 0.3) is 0 Å². The summed E-state index contributed by atoms with van der Waals surface area (Å²) < 4.78 is 5.81. The lowest BCUT2D eigenvalue weighted by Gasteiger charge is -2.37. The maximum Gasteiger partial charge on any atom is 0.268 e. The predicted octanol–water partition coefficient (Wildman–Crippen LogP) is 3.01. The van der Waals surface area contributed by atoms with Gasteiger partial charge in [0, 0.05) is 12.1 Å². The van der Waals surface area contributed by atoms with Crippen molar-refractivity contribution in [2.75, 3.05) is 4.90 Å². The topological polar surface area (TPSA) is 55.6 Å². The first-order valence-corrected chi connectivity index (χ1v) is 7.38. The van der Waals surface area contributed by atoms with Crippen molar-refractivity contribution in [1.29, 1.82) is 0 Å². The summed E-state index contributed by atoms with van der Waals surface area (Å²) in [5.41, 5.74) is 7.98. The molecule has 2 unspecified atom stereocenters. The van der Waals surface area contributed by atoms with Gasteiger partial charge in [0.1, 0.15) is 5.75 Å². The minimum absolute atomic E-state index is 0.00619. The van der Waals surface area contributed by atoms with Crippen LogP contribution in [0.4, 0.5) is 5.69 Å². The van der Waals surface area contributed by atoms with Crippen LogP contribution in [0.1, 0.15) is 52.1 Å². The van der Waals surface area contributed by atoms with Crippen LogP contribution in [-0.2, 0) is 4.79 Å². The summed E-state index contributed by atoms with van der Waals surface area (Å²) in [7, 11) is 0. The SMILES string of the molecule is CCC1Oc2ccc(C(N)CC)cc2N(C(C)C)C1=O. The fourth-order valence-electron chi connectivity index (χ4n) is 2.56. The van der Waals surface area contributed by atoms with Crippen LogP contribution in [0.3, 0.4) is 0 Å². The second kappa shape index (κ2) is 5.83. The molecule has 2 N–H and O–H groups in total. The van der Waals surface area contributed by atoms with Gasteiger partial charge >= 0.3 is 0 Å². The van der Waals surface area contributed by atoms with Crippen LogP contribution < -0.4 is 15.4 Å². The summed E-state index contributed by atoms with van der Waals surface area (Å²) in [5, 5.41) is 0. The Morgan fingerprint density at radius 2 is 2.05 bits per heavy atom. The van der Waals surface area contributed by atoms with Crippen molar-refractivity contribution in [3.05, 3.63) is 23.8 Å². The third-order valence-electron chi connectivity index (χ3n) is 3.78. The molecule has 20 heavy (non-hydrogen) atoms. The second-order valence-electron chi connectivity index (χ2n) is 5.56. The number of hydrogen-bond donors (Lipinski definition) is 1. The summed E-state index contributed by atoms with van der Waals surface area (Å²) >= 11 is 0. The molecule has 1 amide bonds. The zero-order valence-corrected chi connectivity index (χ0v) is 12.7. The Hall–Kier alpha value is -1.55. The molecule has 0 radical (unpaired) electrons. The van der Waals surface area contributed by atoms with Gasteiger partial charge in [-0.05, 0) is 44.4 Å². The van der Waals surface area contributed by atoms with Crippen LogP contribution in [0.5, 0.6) is 5.75 Å². The van der Waals surface area contributed by atoms with Gasteiger partial charge in [-0.1, -0.05) is 19.9 Å². The van der Waals surface area contributed by atoms with E-state index in [1.54, 1.807) is 0 Å². The minimum atomic E-state index is -0.379. The Balaban J connectivity index is 2.48. The number of ether oxygens (including phenoxy) is 1. The predicted molar refractivity (Wildman–Crippen MR) is 81.0 cm³/mol. The van der Waals surface area contributed by atoms with Crippen molar-refractivity contribution in [2.24, 2.45) is 5.73 Å². The van der Waals surface area contributed by atoms with E-state index in [0.29, 0.717) is 6.42 Å². The van der Waals surface area contributed by atoms with Gasteiger partial charge in [0.15, 0.2) is 6.10 Å². The van der Waals surface area contributed by atoms with Crippen molar-refractivity contribution in [2.45, 2.75) is 58.7 Å². The fraction of sp³-hybridized carbons (Fsp3) is 0.562. The van der Waals surface area contributed by atoms with Crippen LogP contribution >= 0.6 is 0 Å². The molecular weight excluding hydrogens is 252 g/mol. The highest BCUT2D eigenvalue weighted by atomic mass is 16.5. The van der Waals surface area contributed by atoms with Crippen LogP contribution in [0.15, 0.2) is 18.2 Å². The Morgan fingerprint density at radius 1 is 1.35 bits per heavy atom. The lowest BCUT2D eigenvalue weighted by Crippen LogP contribution is -2.48. The van der Waals surface area contributed by atoms with Crippen molar-refractivity contribution in [3.8, 4) is 5.75 Å². The summed E-state index contributed by atoms with van der Waals surface area (Å²) in [4.78, 5) is 14.3. The third kappa shape index (κ3) is 2.52. The van der Waals surface area contributed by atoms with E-state index in [9.17, 15) is 4.79 Å². The van der Waals surface area contributed by atoms with Gasteiger partial charge in [-0.15, -0.1) is 0 Å². The molecule has 1 aromatic carbocycles. The highest BCUT2D eigenvalue weighted by molar-refractivity contribution is 6.00. The molecule has 0 aliphatic carbocycles. The monoisotopic (exact) mass is 276 g/mol. The summed E-state index contributed by atoms with van der Waals surface area (Å²) in [6.07, 6.45) is 1.17. The van der Waals surface area contributed by atoms with E-state index in [-0.39, 0.29) is 24.1 Å². The number of nitrogens with two attached hydrogens (primary N) is 1. The number of carbonyl (C=O) groups excluding carboxylic acids is 1. The van der Waals surface area contributed by atoms with Gasteiger partial charge in [0.05, 0.1) is 5.69 Å². The molecule has 0 fully saturated rings. The maximum atomic E-state index is 12.5. The standard InChI is InChI=1S/C16H24N2O2/c1-5-12(17)11-7-8-15-13(9-11)18(10(3)4)16(19)14(6-2)20-15/h7-10,12,14H,5-6,17H2,1-4H3. The smallest absolute Gasteiger partial charge is 0.268 e. The zero-order chi connectivity index (χ0) is 14.9. The largest absolute Gasteiger partial charge is 0.478 e. The highest BCUT2D eigenvalue weighted by Crippen LogP contribution is 2.37. The molecule has 1 aromatic rings. The van der Waals surface area contributed by atoms with E-state index >= 15 is 0 Å². The first-order chi connectivity index (χ1) is 9.49. The van der Waals surface area contributed by atoms with Gasteiger partial charge in [-0.25, -0.2) is 0 Å². The van der Waals surface area contributed by atoms with Crippen LogP contribution in [-0.4, -0.2) is 18.1 Å². The molecule has 0 saturated heterocycles. The number of benzene rings is 1. The summed E-state index contributed by atoms with van der Waals surface area (Å²) in [6.45, 7) is 8.06. The summed E-state index contributed by atoms with van der Waals surface area (Å²) in [5.74, 6) is 0.814. The number of fused-ring (bicyclic) bond motifs is 1. The molecule has 0 bridgehead atoms. The van der Waals surface area contributed by atoms with Crippen LogP contribution in [0, 0.1) is 0 Å². The molecule has 1 heterocycles. The second-order valence-corrected chi connectivity index (χ2v) is 5.56. The number of rotatable bonds is 4. The van der Waals surface area contributed by atoms with Gasteiger partial charge in [0.25, 0.3) is 5.91 Å². The first-order valence-electron chi connectivity index (χ1n) is 7.38. The number of carbonyl (C=O) groups is 1. The lowest BCUT2D eigenvalue weighted by molar-refractivity contribution is -0.126. The number of nitrogens with zero attached hydrogens (tertiary/aromatic N) is 1. The molecule has 0 aromatic heterocycles. The van der Waals surface area contributed by atoms with E-state index < -0.39 is 0 Å². The van der Waals surface area contributed by atoms with Crippen molar-refractivity contribution in [3.63, 3.8) is 0 Å². The van der Waals surface area contributed by atoms with E-state index in [4.69, 9.17) is 10.5 Å². The quantitative estimate of drug-likeness (QED) is 0.919. The third-order valence-corrected chi connectivity index (χ3v) is 3.78. The molecule has 2 atom stereocenters. The number of anilines is 1. The molecule has 4 heteroatoms. The van der Waals surface area contributed by atoms with E-state index in [0.717, 1.165) is 23.4 Å². The lowest BCUT2D eigenvalue weighted by atomic mass is 10.0. The average molecular weight is 276 g/mol. The average Bonchev–Trinajstić information content (AvgIpc) is 2.44. The molecule has 110 valence electrons. The molecule has 1 aliphatic rings. The Labute approximate surface area is 120 Å². The van der Waals surface area contributed by atoms with Gasteiger partial charge in [0.2, 0.25) is 0 Å². The normalized spacial score (nSPS) is 19.8. The van der Waals surface area contributed by atoms with E-state index in [2.05, 4.69) is 6.92 Å². The van der Waals surface area contributed by atoms with Gasteiger partial charge in [-0.2, -0.15) is 0 Å². The molecule has 0 saturated carbocycles. The van der Waals surface area contributed by atoms with Crippen LogP contribution in [0.2, 0.25) is 0 Å². The molecule has 2 rings (SSSR count). The maximum absolute atomic E-state index is 12.5. The number of amides is 1. The highest BCUT2D eigenvalue weighted by Gasteiger charge is 2.35. The summed E-state index contributed by atoms with van der Waals surface area (Å²) in [6, 6.07) is 6.02. The Kier molecular flexibility index (Phi) is 4.33. The molecule has 4 nitrogen and oxygen atoms in total. The zero-order valence-electron chi connectivity index (χ0n) is 12.7. The van der Waals surface area contributed by atoms with Crippen molar-refractivity contribution in [1.82, 2.24) is 0 Å². The van der Waals surface area contributed by atoms with Crippen molar-refractivity contribution < 1.29 is 9.53 Å². The van der Waals surface area contributed by atoms with Crippen molar-refractivity contribution >= 4 is 11.6 Å². The number of hydrogen-bond acceptors (Lipinski definition) is 3. The van der Waals surface area contributed by atoms with Gasteiger partial charge in [-0.3, -0.25) is 4.79 Å². The first kappa shape index (κ1) is 14.9. The fourth-order valence-corrected chi connectivity index (χ4v) is 2.56. The molecule has 1 aliphatic heterocycles. The van der Waals surface area contributed by atoms with E-state index in [1.807, 2.05) is 43.9 Å². The van der Waals surface area contributed by atoms with Gasteiger partial charge < -0.3 is 15.4 Å². The molecule has 0 spiro atoms.